The number of amides is 1. The summed E-state index contributed by atoms with van der Waals surface area (Å²) in [7, 11) is 3.02. The van der Waals surface area contributed by atoms with Crippen LogP contribution in [-0.2, 0) is 9.53 Å². The average molecular weight is 445 g/mol. The van der Waals surface area contributed by atoms with E-state index in [2.05, 4.69) is 15.3 Å². The Balaban J connectivity index is 1.41. The molecule has 33 heavy (non-hydrogen) atoms. The van der Waals surface area contributed by atoms with E-state index < -0.39 is 18.5 Å². The molecule has 4 rings (SSSR count). The second-order valence-electron chi connectivity index (χ2n) is 7.37. The molecule has 4 aromatic rings. The fourth-order valence-electron chi connectivity index (χ4n) is 3.29. The first kappa shape index (κ1) is 21.9. The molecule has 0 atom stereocenters. The molecule has 1 aromatic heterocycles. The van der Waals surface area contributed by atoms with Crippen molar-refractivity contribution in [3.8, 4) is 22.9 Å². The molecule has 3 aromatic carbocycles. The SMILES string of the molecule is COc1ccc(NC(=O)COC(=O)c2ccc3nc(-c4ccc(C)cc4)[nH]c3c2)c(OC)c1. The fraction of sp³-hybridized carbons (Fsp3) is 0.160. The minimum Gasteiger partial charge on any atom is -0.497 e. The monoisotopic (exact) mass is 445 g/mol. The van der Waals surface area contributed by atoms with E-state index in [4.69, 9.17) is 14.2 Å². The molecule has 8 heteroatoms. The molecule has 0 saturated carbocycles. The van der Waals surface area contributed by atoms with Crippen LogP contribution in [0.15, 0.2) is 60.7 Å². The largest absolute Gasteiger partial charge is 0.497 e. The Morgan fingerprint density at radius 3 is 2.48 bits per heavy atom. The van der Waals surface area contributed by atoms with Crippen molar-refractivity contribution < 1.29 is 23.8 Å². The summed E-state index contributed by atoms with van der Waals surface area (Å²) in [5, 5.41) is 2.66. The standard InChI is InChI=1S/C25H23N3O5/c1-15-4-6-16(7-5-15)24-27-19-10-8-17(12-21(19)28-24)25(30)33-14-23(29)26-20-11-9-18(31-2)13-22(20)32-3/h4-13H,14H2,1-3H3,(H,26,29)(H,27,28). The Hall–Kier alpha value is -4.33. The molecule has 1 heterocycles. The Kier molecular flexibility index (Phi) is 6.26. The third kappa shape index (κ3) is 4.95. The van der Waals surface area contributed by atoms with Crippen LogP contribution in [0.3, 0.4) is 0 Å². The molecular formula is C25H23N3O5. The number of fused-ring (bicyclic) bond motifs is 1. The molecule has 1 amide bonds. The Morgan fingerprint density at radius 1 is 0.970 bits per heavy atom. The first-order chi connectivity index (χ1) is 16.0. The zero-order chi connectivity index (χ0) is 23.4. The normalized spacial score (nSPS) is 10.6. The van der Waals surface area contributed by atoms with Crippen LogP contribution in [0.25, 0.3) is 22.4 Å². The fourth-order valence-corrected chi connectivity index (χ4v) is 3.29. The van der Waals surface area contributed by atoms with E-state index in [0.29, 0.717) is 34.1 Å². The van der Waals surface area contributed by atoms with E-state index in [1.165, 1.54) is 14.2 Å². The van der Waals surface area contributed by atoms with Crippen LogP contribution in [0.2, 0.25) is 0 Å². The molecule has 0 aliphatic carbocycles. The maximum absolute atomic E-state index is 12.5. The number of carbonyl (C=O) groups excluding carboxylic acids is 2. The van der Waals surface area contributed by atoms with Gasteiger partial charge in [0.05, 0.1) is 36.5 Å². The van der Waals surface area contributed by atoms with Crippen LogP contribution in [0, 0.1) is 6.92 Å². The highest BCUT2D eigenvalue weighted by Crippen LogP contribution is 2.29. The van der Waals surface area contributed by atoms with Gasteiger partial charge in [0.15, 0.2) is 6.61 Å². The molecule has 0 radical (unpaired) electrons. The zero-order valence-corrected chi connectivity index (χ0v) is 18.5. The van der Waals surface area contributed by atoms with Crippen molar-refractivity contribution in [1.82, 2.24) is 9.97 Å². The summed E-state index contributed by atoms with van der Waals surface area (Å²) < 4.78 is 15.6. The molecule has 0 bridgehead atoms. The van der Waals surface area contributed by atoms with Gasteiger partial charge in [0, 0.05) is 11.6 Å². The van der Waals surface area contributed by atoms with E-state index >= 15 is 0 Å². The zero-order valence-electron chi connectivity index (χ0n) is 18.5. The lowest BCUT2D eigenvalue weighted by Gasteiger charge is -2.11. The summed E-state index contributed by atoms with van der Waals surface area (Å²) in [6.45, 7) is 1.58. The van der Waals surface area contributed by atoms with E-state index in [1.54, 1.807) is 36.4 Å². The summed E-state index contributed by atoms with van der Waals surface area (Å²) in [5.74, 6) is 0.638. The Bertz CT molecular complexity index is 1310. The number of benzene rings is 3. The number of aryl methyl sites for hydroxylation is 1. The minimum atomic E-state index is -0.611. The number of hydrogen-bond donors (Lipinski definition) is 2. The third-order valence-electron chi connectivity index (χ3n) is 5.06. The van der Waals surface area contributed by atoms with E-state index in [9.17, 15) is 9.59 Å². The molecule has 0 fully saturated rings. The number of methoxy groups -OCH3 is 2. The van der Waals surface area contributed by atoms with Crippen molar-refractivity contribution in [3.63, 3.8) is 0 Å². The van der Waals surface area contributed by atoms with Gasteiger partial charge in [-0.2, -0.15) is 0 Å². The summed E-state index contributed by atoms with van der Waals surface area (Å²) in [6.07, 6.45) is 0. The van der Waals surface area contributed by atoms with Gasteiger partial charge in [-0.1, -0.05) is 29.8 Å². The van der Waals surface area contributed by atoms with E-state index in [-0.39, 0.29) is 0 Å². The smallest absolute Gasteiger partial charge is 0.338 e. The summed E-state index contributed by atoms with van der Waals surface area (Å²) in [5.41, 5.74) is 4.30. The number of imidazole rings is 1. The number of ether oxygens (including phenoxy) is 3. The van der Waals surface area contributed by atoms with Gasteiger partial charge in [0.25, 0.3) is 5.91 Å². The van der Waals surface area contributed by atoms with Crippen molar-refractivity contribution in [1.29, 1.82) is 0 Å². The molecule has 0 aliphatic rings. The summed E-state index contributed by atoms with van der Waals surface area (Å²) >= 11 is 0. The van der Waals surface area contributed by atoms with Crippen LogP contribution in [-0.4, -0.2) is 42.7 Å². The van der Waals surface area contributed by atoms with Gasteiger partial charge in [-0.25, -0.2) is 9.78 Å². The van der Waals surface area contributed by atoms with Gasteiger partial charge < -0.3 is 24.5 Å². The number of esters is 1. The van der Waals surface area contributed by atoms with Gasteiger partial charge in [-0.3, -0.25) is 4.79 Å². The molecule has 0 spiro atoms. The molecule has 0 aliphatic heterocycles. The first-order valence-electron chi connectivity index (χ1n) is 10.2. The summed E-state index contributed by atoms with van der Waals surface area (Å²) in [6, 6.07) is 18.0. The highest BCUT2D eigenvalue weighted by Gasteiger charge is 2.14. The lowest BCUT2D eigenvalue weighted by atomic mass is 10.1. The van der Waals surface area contributed by atoms with Crippen LogP contribution in [0.1, 0.15) is 15.9 Å². The van der Waals surface area contributed by atoms with Crippen LogP contribution >= 0.6 is 0 Å². The molecule has 0 saturated heterocycles. The Morgan fingerprint density at radius 2 is 1.76 bits per heavy atom. The lowest BCUT2D eigenvalue weighted by molar-refractivity contribution is -0.119. The van der Waals surface area contributed by atoms with Crippen molar-refractivity contribution in [2.75, 3.05) is 26.1 Å². The Labute approximate surface area is 190 Å². The topological polar surface area (TPSA) is 103 Å². The van der Waals surface area contributed by atoms with Gasteiger partial charge >= 0.3 is 5.97 Å². The quantitative estimate of drug-likeness (QED) is 0.410. The van der Waals surface area contributed by atoms with Crippen molar-refractivity contribution in [3.05, 3.63) is 71.8 Å². The number of aromatic nitrogens is 2. The molecule has 2 N–H and O–H groups in total. The van der Waals surface area contributed by atoms with Gasteiger partial charge in [0.1, 0.15) is 17.3 Å². The number of H-pyrrole nitrogens is 1. The predicted octanol–water partition coefficient (Wildman–Crippen LogP) is 4.35. The molecule has 8 nitrogen and oxygen atoms in total. The second-order valence-corrected chi connectivity index (χ2v) is 7.37. The number of hydrogen-bond acceptors (Lipinski definition) is 6. The number of rotatable bonds is 7. The minimum absolute atomic E-state index is 0.316. The number of nitrogens with one attached hydrogen (secondary N) is 2. The molecule has 168 valence electrons. The predicted molar refractivity (Wildman–Crippen MR) is 125 cm³/mol. The number of aromatic amines is 1. The van der Waals surface area contributed by atoms with Gasteiger partial charge in [-0.15, -0.1) is 0 Å². The number of anilines is 1. The van der Waals surface area contributed by atoms with Crippen molar-refractivity contribution in [2.45, 2.75) is 6.92 Å². The lowest BCUT2D eigenvalue weighted by Crippen LogP contribution is -2.21. The number of carbonyl (C=O) groups is 2. The van der Waals surface area contributed by atoms with E-state index in [0.717, 1.165) is 16.6 Å². The van der Waals surface area contributed by atoms with Crippen LogP contribution < -0.4 is 14.8 Å². The second kappa shape index (κ2) is 9.44. The number of nitrogens with zero attached hydrogens (tertiary/aromatic N) is 1. The van der Waals surface area contributed by atoms with Gasteiger partial charge in [-0.05, 0) is 37.3 Å². The summed E-state index contributed by atoms with van der Waals surface area (Å²) in [4.78, 5) is 32.6. The van der Waals surface area contributed by atoms with Crippen molar-refractivity contribution in [2.24, 2.45) is 0 Å². The maximum Gasteiger partial charge on any atom is 0.338 e. The van der Waals surface area contributed by atoms with E-state index in [1.807, 2.05) is 31.2 Å². The first-order valence-corrected chi connectivity index (χ1v) is 10.2. The third-order valence-corrected chi connectivity index (χ3v) is 5.06. The average Bonchev–Trinajstić information content (AvgIpc) is 3.26. The van der Waals surface area contributed by atoms with Crippen LogP contribution in [0.4, 0.5) is 5.69 Å². The highest BCUT2D eigenvalue weighted by molar-refractivity contribution is 5.98. The molecule has 0 unspecified atom stereocenters. The highest BCUT2D eigenvalue weighted by atomic mass is 16.5. The van der Waals surface area contributed by atoms with Crippen molar-refractivity contribution >= 4 is 28.6 Å². The maximum atomic E-state index is 12.5. The van der Waals surface area contributed by atoms with Gasteiger partial charge in [0.2, 0.25) is 0 Å². The molecular weight excluding hydrogens is 422 g/mol. The van der Waals surface area contributed by atoms with Crippen LogP contribution in [0.5, 0.6) is 11.5 Å².